The van der Waals surface area contributed by atoms with Gasteiger partial charge in [0.15, 0.2) is 0 Å². The highest BCUT2D eigenvalue weighted by molar-refractivity contribution is 5.85. The molecule has 7 heteroatoms. The number of rotatable bonds is 3. The predicted molar refractivity (Wildman–Crippen MR) is 69.9 cm³/mol. The molecular formula is C13H7N3O4. The SMILES string of the molecule is N#Cc1ccccc1-c1c([N+](=O)[O-])cccc1[N+](=O)[O-]. The van der Waals surface area contributed by atoms with Crippen LogP contribution < -0.4 is 0 Å². The molecule has 0 aliphatic carbocycles. The number of hydrogen-bond acceptors (Lipinski definition) is 5. The lowest BCUT2D eigenvalue weighted by molar-refractivity contribution is -0.392. The van der Waals surface area contributed by atoms with Crippen LogP contribution in [0.2, 0.25) is 0 Å². The van der Waals surface area contributed by atoms with Crippen molar-refractivity contribution in [2.24, 2.45) is 0 Å². The van der Waals surface area contributed by atoms with Gasteiger partial charge >= 0.3 is 0 Å². The smallest absolute Gasteiger partial charge is 0.258 e. The minimum absolute atomic E-state index is 0.143. The van der Waals surface area contributed by atoms with Gasteiger partial charge in [-0.15, -0.1) is 0 Å². The van der Waals surface area contributed by atoms with Crippen LogP contribution in [0, 0.1) is 31.6 Å². The summed E-state index contributed by atoms with van der Waals surface area (Å²) in [4.78, 5) is 20.7. The van der Waals surface area contributed by atoms with Crippen molar-refractivity contribution in [2.75, 3.05) is 0 Å². The third kappa shape index (κ3) is 2.18. The first-order valence-corrected chi connectivity index (χ1v) is 5.47. The van der Waals surface area contributed by atoms with Gasteiger partial charge in [0, 0.05) is 17.7 Å². The van der Waals surface area contributed by atoms with Crippen LogP contribution in [-0.2, 0) is 0 Å². The molecular weight excluding hydrogens is 262 g/mol. The lowest BCUT2D eigenvalue weighted by atomic mass is 9.97. The van der Waals surface area contributed by atoms with Crippen molar-refractivity contribution >= 4 is 11.4 Å². The Kier molecular flexibility index (Phi) is 3.39. The zero-order valence-electron chi connectivity index (χ0n) is 10.0. The summed E-state index contributed by atoms with van der Waals surface area (Å²) >= 11 is 0. The van der Waals surface area contributed by atoms with E-state index in [0.717, 1.165) is 0 Å². The maximum atomic E-state index is 11.1. The van der Waals surface area contributed by atoms with E-state index in [4.69, 9.17) is 5.26 Å². The Labute approximate surface area is 113 Å². The van der Waals surface area contributed by atoms with Gasteiger partial charge in [-0.2, -0.15) is 5.26 Å². The molecule has 0 N–H and O–H groups in total. The second kappa shape index (κ2) is 5.16. The molecule has 2 rings (SSSR count). The first kappa shape index (κ1) is 13.2. The molecule has 0 amide bonds. The van der Waals surface area contributed by atoms with Crippen LogP contribution in [0.15, 0.2) is 42.5 Å². The number of nitro benzene ring substituents is 2. The summed E-state index contributed by atoms with van der Waals surface area (Å²) < 4.78 is 0. The Morgan fingerprint density at radius 3 is 1.95 bits per heavy atom. The minimum atomic E-state index is -0.698. The van der Waals surface area contributed by atoms with Gasteiger partial charge in [0.05, 0.1) is 21.5 Å². The van der Waals surface area contributed by atoms with Gasteiger partial charge in [-0.25, -0.2) is 0 Å². The van der Waals surface area contributed by atoms with Crippen molar-refractivity contribution in [1.29, 1.82) is 5.26 Å². The molecule has 2 aromatic rings. The third-order valence-electron chi connectivity index (χ3n) is 2.73. The number of nitrogens with zero attached hydrogens (tertiary/aromatic N) is 3. The van der Waals surface area contributed by atoms with Gasteiger partial charge < -0.3 is 0 Å². The quantitative estimate of drug-likeness (QED) is 0.628. The molecule has 0 atom stereocenters. The zero-order chi connectivity index (χ0) is 14.7. The lowest BCUT2D eigenvalue weighted by Crippen LogP contribution is -1.98. The third-order valence-corrected chi connectivity index (χ3v) is 2.73. The monoisotopic (exact) mass is 269 g/mol. The number of nitriles is 1. The van der Waals surface area contributed by atoms with E-state index in [-0.39, 0.29) is 16.7 Å². The van der Waals surface area contributed by atoms with Crippen LogP contribution in [0.25, 0.3) is 11.1 Å². The summed E-state index contributed by atoms with van der Waals surface area (Å²) in [5.41, 5.74) is -0.637. The highest BCUT2D eigenvalue weighted by atomic mass is 16.6. The number of hydrogen-bond donors (Lipinski definition) is 0. The van der Waals surface area contributed by atoms with E-state index >= 15 is 0 Å². The average Bonchev–Trinajstić information content (AvgIpc) is 2.46. The van der Waals surface area contributed by atoms with Crippen LogP contribution in [-0.4, -0.2) is 9.85 Å². The van der Waals surface area contributed by atoms with Crippen molar-refractivity contribution in [3.63, 3.8) is 0 Å². The Hall–Kier alpha value is -3.27. The van der Waals surface area contributed by atoms with Crippen LogP contribution >= 0.6 is 0 Å². The Morgan fingerprint density at radius 1 is 0.900 bits per heavy atom. The summed E-state index contributed by atoms with van der Waals surface area (Å²) in [6.07, 6.45) is 0. The molecule has 0 aromatic heterocycles. The summed E-state index contributed by atoms with van der Waals surface area (Å²) in [5.74, 6) is 0. The Morgan fingerprint density at radius 2 is 1.45 bits per heavy atom. The second-order valence-electron chi connectivity index (χ2n) is 3.84. The molecule has 0 saturated heterocycles. The molecule has 0 fully saturated rings. The average molecular weight is 269 g/mol. The standard InChI is InChI=1S/C13H7N3O4/c14-8-9-4-1-2-5-10(9)13-11(15(17)18)6-3-7-12(13)16(19)20/h1-7H. The summed E-state index contributed by atoms with van der Waals surface area (Å²) in [5, 5.41) is 31.2. The molecule has 0 saturated carbocycles. The first-order valence-electron chi connectivity index (χ1n) is 5.47. The van der Waals surface area contributed by atoms with Gasteiger partial charge in [-0.1, -0.05) is 18.2 Å². The van der Waals surface area contributed by atoms with Gasteiger partial charge in [-0.05, 0) is 12.1 Å². The fraction of sp³-hybridized carbons (Fsp3) is 0. The normalized spacial score (nSPS) is 9.75. The van der Waals surface area contributed by atoms with Crippen molar-refractivity contribution in [1.82, 2.24) is 0 Å². The van der Waals surface area contributed by atoms with E-state index in [1.54, 1.807) is 12.1 Å². The fourth-order valence-corrected chi connectivity index (χ4v) is 1.91. The van der Waals surface area contributed by atoms with E-state index in [2.05, 4.69) is 0 Å². The van der Waals surface area contributed by atoms with Crippen LogP contribution in [0.5, 0.6) is 0 Å². The molecule has 2 aromatic carbocycles. The number of nitro groups is 2. The Bertz CT molecular complexity index is 717. The van der Waals surface area contributed by atoms with Crippen molar-refractivity contribution in [2.45, 2.75) is 0 Å². The molecule has 0 heterocycles. The van der Waals surface area contributed by atoms with Crippen molar-refractivity contribution < 1.29 is 9.85 Å². The highest BCUT2D eigenvalue weighted by Crippen LogP contribution is 2.39. The summed E-state index contributed by atoms with van der Waals surface area (Å²) in [6, 6.07) is 11.5. The van der Waals surface area contributed by atoms with E-state index in [1.165, 1.54) is 30.3 Å². The molecule has 0 bridgehead atoms. The molecule has 0 radical (unpaired) electrons. The maximum Gasteiger partial charge on any atom is 0.284 e. The summed E-state index contributed by atoms with van der Waals surface area (Å²) in [7, 11) is 0. The maximum absolute atomic E-state index is 11.1. The second-order valence-corrected chi connectivity index (χ2v) is 3.84. The van der Waals surface area contributed by atoms with Gasteiger partial charge in [-0.3, -0.25) is 20.2 Å². The largest absolute Gasteiger partial charge is 0.284 e. The van der Waals surface area contributed by atoms with Gasteiger partial charge in [0.1, 0.15) is 5.56 Å². The van der Waals surface area contributed by atoms with E-state index in [9.17, 15) is 20.2 Å². The molecule has 0 spiro atoms. The van der Waals surface area contributed by atoms with E-state index in [0.29, 0.717) is 0 Å². The molecule has 0 aliphatic rings. The zero-order valence-corrected chi connectivity index (χ0v) is 10.0. The number of benzene rings is 2. The fourth-order valence-electron chi connectivity index (χ4n) is 1.91. The topological polar surface area (TPSA) is 110 Å². The van der Waals surface area contributed by atoms with E-state index in [1.807, 2.05) is 6.07 Å². The molecule has 0 unspecified atom stereocenters. The minimum Gasteiger partial charge on any atom is -0.258 e. The summed E-state index contributed by atoms with van der Waals surface area (Å²) in [6.45, 7) is 0. The van der Waals surface area contributed by atoms with Crippen LogP contribution in [0.1, 0.15) is 5.56 Å². The van der Waals surface area contributed by atoms with Gasteiger partial charge in [0.2, 0.25) is 0 Å². The predicted octanol–water partition coefficient (Wildman–Crippen LogP) is 3.04. The van der Waals surface area contributed by atoms with Crippen LogP contribution in [0.3, 0.4) is 0 Å². The highest BCUT2D eigenvalue weighted by Gasteiger charge is 2.27. The molecule has 20 heavy (non-hydrogen) atoms. The van der Waals surface area contributed by atoms with E-state index < -0.39 is 21.2 Å². The molecule has 98 valence electrons. The van der Waals surface area contributed by atoms with Gasteiger partial charge in [0.25, 0.3) is 11.4 Å². The molecule has 0 aliphatic heterocycles. The Balaban J connectivity index is 2.88. The van der Waals surface area contributed by atoms with Crippen LogP contribution in [0.4, 0.5) is 11.4 Å². The molecule has 7 nitrogen and oxygen atoms in total. The van der Waals surface area contributed by atoms with Crippen molar-refractivity contribution in [3.8, 4) is 17.2 Å². The first-order chi connectivity index (χ1) is 9.56. The van der Waals surface area contributed by atoms with Crippen molar-refractivity contribution in [3.05, 3.63) is 68.3 Å². The lowest BCUT2D eigenvalue weighted by Gasteiger charge is -2.05.